The lowest BCUT2D eigenvalue weighted by atomic mass is 10.2. The zero-order chi connectivity index (χ0) is 13.0. The summed E-state index contributed by atoms with van der Waals surface area (Å²) in [5.41, 5.74) is 0. The van der Waals surface area contributed by atoms with E-state index >= 15 is 0 Å². The topological polar surface area (TPSA) is 66.2 Å². The second-order valence-corrected chi connectivity index (χ2v) is 5.21. The third-order valence-corrected chi connectivity index (χ3v) is 3.30. The molecule has 0 fully saturated rings. The van der Waals surface area contributed by atoms with Crippen LogP contribution in [0.2, 0.25) is 0 Å². The van der Waals surface area contributed by atoms with Crippen LogP contribution >= 0.6 is 0 Å². The number of fused-ring (bicyclic) bond motifs is 1. The maximum Gasteiger partial charge on any atom is 0.147 e. The van der Waals surface area contributed by atoms with Crippen molar-refractivity contribution < 1.29 is 5.11 Å². The van der Waals surface area contributed by atoms with Crippen molar-refractivity contribution in [1.82, 2.24) is 25.0 Å². The molecule has 6 nitrogen and oxygen atoms in total. The molecule has 1 aromatic rings. The summed E-state index contributed by atoms with van der Waals surface area (Å²) in [4.78, 5) is 2.37. The van der Waals surface area contributed by atoms with Gasteiger partial charge in [-0.25, -0.2) is 0 Å². The summed E-state index contributed by atoms with van der Waals surface area (Å²) in [6.45, 7) is 8.24. The van der Waals surface area contributed by atoms with E-state index in [2.05, 4.69) is 38.8 Å². The largest absolute Gasteiger partial charge is 0.395 e. The van der Waals surface area contributed by atoms with Crippen molar-refractivity contribution >= 4 is 0 Å². The number of hydrogen-bond donors (Lipinski definition) is 2. The first-order chi connectivity index (χ1) is 8.69. The summed E-state index contributed by atoms with van der Waals surface area (Å²) < 4.78 is 2.10. The van der Waals surface area contributed by atoms with Crippen LogP contribution < -0.4 is 5.32 Å². The monoisotopic (exact) mass is 253 g/mol. The Labute approximate surface area is 108 Å². The van der Waals surface area contributed by atoms with Crippen LogP contribution in [0.15, 0.2) is 6.33 Å². The first-order valence-electron chi connectivity index (χ1n) is 6.65. The quantitative estimate of drug-likeness (QED) is 0.737. The van der Waals surface area contributed by atoms with E-state index < -0.39 is 0 Å². The van der Waals surface area contributed by atoms with E-state index in [9.17, 15) is 5.11 Å². The van der Waals surface area contributed by atoms with E-state index in [1.54, 1.807) is 6.33 Å². The van der Waals surface area contributed by atoms with Crippen molar-refractivity contribution in [1.29, 1.82) is 0 Å². The zero-order valence-corrected chi connectivity index (χ0v) is 11.2. The normalized spacial score (nSPS) is 18.0. The molecule has 1 aliphatic heterocycles. The Morgan fingerprint density at radius 1 is 1.44 bits per heavy atom. The predicted octanol–water partition coefficient (Wildman–Crippen LogP) is -0.157. The van der Waals surface area contributed by atoms with Gasteiger partial charge in [0.15, 0.2) is 0 Å². The summed E-state index contributed by atoms with van der Waals surface area (Å²) >= 11 is 0. The summed E-state index contributed by atoms with van der Waals surface area (Å²) in [6.07, 6.45) is 2.76. The van der Waals surface area contributed by atoms with Crippen molar-refractivity contribution in [3.63, 3.8) is 0 Å². The van der Waals surface area contributed by atoms with Gasteiger partial charge in [0, 0.05) is 31.7 Å². The molecule has 0 saturated heterocycles. The van der Waals surface area contributed by atoms with E-state index in [4.69, 9.17) is 0 Å². The van der Waals surface area contributed by atoms with Crippen molar-refractivity contribution in [3.05, 3.63) is 12.2 Å². The van der Waals surface area contributed by atoms with E-state index in [0.29, 0.717) is 6.04 Å². The predicted molar refractivity (Wildman–Crippen MR) is 69.1 cm³/mol. The minimum atomic E-state index is 0.185. The van der Waals surface area contributed by atoms with E-state index in [1.807, 2.05) is 0 Å². The minimum absolute atomic E-state index is 0.185. The van der Waals surface area contributed by atoms with Gasteiger partial charge in [-0.3, -0.25) is 4.90 Å². The molecular weight excluding hydrogens is 230 g/mol. The highest BCUT2D eigenvalue weighted by Gasteiger charge is 2.18. The van der Waals surface area contributed by atoms with Crippen molar-refractivity contribution in [2.45, 2.75) is 45.4 Å². The average molecular weight is 253 g/mol. The van der Waals surface area contributed by atoms with Gasteiger partial charge in [0.05, 0.1) is 13.2 Å². The number of aliphatic hydroxyl groups is 1. The number of aromatic nitrogens is 3. The molecule has 1 aromatic heterocycles. The smallest absolute Gasteiger partial charge is 0.147 e. The molecule has 18 heavy (non-hydrogen) atoms. The van der Waals surface area contributed by atoms with Crippen LogP contribution in [0.5, 0.6) is 0 Å². The van der Waals surface area contributed by atoms with Gasteiger partial charge in [0.1, 0.15) is 12.2 Å². The number of rotatable bonds is 6. The molecule has 0 aromatic carbocycles. The van der Waals surface area contributed by atoms with Gasteiger partial charge in [0.2, 0.25) is 0 Å². The van der Waals surface area contributed by atoms with Gasteiger partial charge in [0.25, 0.3) is 0 Å². The molecule has 1 atom stereocenters. The first kappa shape index (κ1) is 13.5. The lowest BCUT2D eigenvalue weighted by molar-refractivity contribution is 0.178. The Bertz CT molecular complexity index is 365. The molecule has 0 radical (unpaired) electrons. The number of hydrogen-bond acceptors (Lipinski definition) is 5. The van der Waals surface area contributed by atoms with Crippen molar-refractivity contribution in [3.8, 4) is 0 Å². The van der Waals surface area contributed by atoms with E-state index in [-0.39, 0.29) is 12.6 Å². The van der Waals surface area contributed by atoms with Gasteiger partial charge in [-0.2, -0.15) is 0 Å². The summed E-state index contributed by atoms with van der Waals surface area (Å²) in [5, 5.41) is 20.7. The summed E-state index contributed by atoms with van der Waals surface area (Å²) in [5.74, 6) is 1.04. The fourth-order valence-corrected chi connectivity index (χ4v) is 2.34. The number of aliphatic hydroxyl groups excluding tert-OH is 1. The lowest BCUT2D eigenvalue weighted by Crippen LogP contribution is -2.41. The fraction of sp³-hybridized carbons (Fsp3) is 0.833. The Hall–Kier alpha value is -0.980. The molecule has 6 heteroatoms. The summed E-state index contributed by atoms with van der Waals surface area (Å²) in [7, 11) is 0. The van der Waals surface area contributed by atoms with Gasteiger partial charge >= 0.3 is 0 Å². The molecule has 0 spiro atoms. The van der Waals surface area contributed by atoms with Gasteiger partial charge in [-0.05, 0) is 6.42 Å². The second kappa shape index (κ2) is 6.26. The van der Waals surface area contributed by atoms with E-state index in [0.717, 1.165) is 38.4 Å². The van der Waals surface area contributed by atoms with Crippen LogP contribution in [0.3, 0.4) is 0 Å². The Morgan fingerprint density at radius 3 is 3.00 bits per heavy atom. The van der Waals surface area contributed by atoms with Crippen LogP contribution in [0.4, 0.5) is 0 Å². The molecule has 0 amide bonds. The van der Waals surface area contributed by atoms with Gasteiger partial charge in [-0.15, -0.1) is 10.2 Å². The molecule has 1 unspecified atom stereocenters. The van der Waals surface area contributed by atoms with Gasteiger partial charge < -0.3 is 15.0 Å². The summed E-state index contributed by atoms with van der Waals surface area (Å²) in [6, 6.07) is 0.594. The van der Waals surface area contributed by atoms with Crippen LogP contribution in [-0.4, -0.2) is 56.6 Å². The third-order valence-electron chi connectivity index (χ3n) is 3.30. The Morgan fingerprint density at radius 2 is 2.28 bits per heavy atom. The zero-order valence-electron chi connectivity index (χ0n) is 11.2. The van der Waals surface area contributed by atoms with Crippen LogP contribution in [0, 0.1) is 0 Å². The van der Waals surface area contributed by atoms with Crippen molar-refractivity contribution in [2.75, 3.05) is 19.7 Å². The molecule has 2 heterocycles. The number of nitrogens with one attached hydrogen (secondary N) is 1. The molecule has 2 N–H and O–H groups in total. The standard InChI is InChI=1S/C12H23N5O/c1-10(2)14-11(8-18)3-4-16-5-6-17-9-13-15-12(17)7-16/h9-11,14,18H,3-8H2,1-2H3. The maximum absolute atomic E-state index is 9.32. The highest BCUT2D eigenvalue weighted by atomic mass is 16.3. The first-order valence-corrected chi connectivity index (χ1v) is 6.65. The average Bonchev–Trinajstić information content (AvgIpc) is 2.81. The van der Waals surface area contributed by atoms with Crippen LogP contribution in [0.1, 0.15) is 26.1 Å². The molecular formula is C12H23N5O. The molecule has 102 valence electrons. The Balaban J connectivity index is 1.77. The SMILES string of the molecule is CC(C)NC(CO)CCN1CCn2cnnc2C1. The Kier molecular flexibility index (Phi) is 4.68. The molecule has 1 aliphatic rings. The highest BCUT2D eigenvalue weighted by Crippen LogP contribution is 2.09. The molecule has 0 bridgehead atoms. The lowest BCUT2D eigenvalue weighted by Gasteiger charge is -2.28. The fourth-order valence-electron chi connectivity index (χ4n) is 2.34. The second-order valence-electron chi connectivity index (χ2n) is 5.21. The molecule has 0 aliphatic carbocycles. The molecule has 2 rings (SSSR count). The van der Waals surface area contributed by atoms with Crippen LogP contribution in [0.25, 0.3) is 0 Å². The van der Waals surface area contributed by atoms with Crippen LogP contribution in [-0.2, 0) is 13.1 Å². The van der Waals surface area contributed by atoms with Crippen molar-refractivity contribution in [2.24, 2.45) is 0 Å². The highest BCUT2D eigenvalue weighted by molar-refractivity contribution is 4.90. The maximum atomic E-state index is 9.32. The number of nitrogens with zero attached hydrogens (tertiary/aromatic N) is 4. The molecule has 0 saturated carbocycles. The minimum Gasteiger partial charge on any atom is -0.395 e. The van der Waals surface area contributed by atoms with Gasteiger partial charge in [-0.1, -0.05) is 13.8 Å². The van der Waals surface area contributed by atoms with E-state index in [1.165, 1.54) is 0 Å². The third kappa shape index (κ3) is 3.51.